The third-order valence-electron chi connectivity index (χ3n) is 3.26. The Labute approximate surface area is 119 Å². The second kappa shape index (κ2) is 5.65. The minimum absolute atomic E-state index is 0.368. The summed E-state index contributed by atoms with van der Waals surface area (Å²) in [7, 11) is 0. The van der Waals surface area contributed by atoms with Gasteiger partial charge < -0.3 is 5.11 Å². The molecule has 1 rings (SSSR count). The molecular weight excluding hydrogens is 257 g/mol. The standard InChI is InChI=1S/C16H22FNO2/c1-10(2)12-7-8-13(14(17)9-12)11(3)18(15(19)20)16(4,5)6/h7-9,11H,1H2,2-6H3,(H,19,20)/t11-/m0/s1. The molecule has 0 bridgehead atoms. The van der Waals surface area contributed by atoms with Crippen molar-refractivity contribution in [2.24, 2.45) is 0 Å². The normalized spacial score (nSPS) is 12.9. The Morgan fingerprint density at radius 3 is 2.30 bits per heavy atom. The quantitative estimate of drug-likeness (QED) is 0.871. The zero-order valence-corrected chi connectivity index (χ0v) is 12.7. The number of hydrogen-bond donors (Lipinski definition) is 1. The van der Waals surface area contributed by atoms with Crippen molar-refractivity contribution in [2.75, 3.05) is 0 Å². The molecule has 4 heteroatoms. The molecule has 1 amide bonds. The molecule has 20 heavy (non-hydrogen) atoms. The van der Waals surface area contributed by atoms with Crippen LogP contribution in [0.3, 0.4) is 0 Å². The van der Waals surface area contributed by atoms with E-state index in [0.29, 0.717) is 5.56 Å². The summed E-state index contributed by atoms with van der Waals surface area (Å²) < 4.78 is 14.2. The summed E-state index contributed by atoms with van der Waals surface area (Å²) in [4.78, 5) is 12.7. The lowest BCUT2D eigenvalue weighted by Gasteiger charge is -2.38. The van der Waals surface area contributed by atoms with Gasteiger partial charge in [-0.15, -0.1) is 0 Å². The van der Waals surface area contributed by atoms with Crippen molar-refractivity contribution < 1.29 is 14.3 Å². The van der Waals surface area contributed by atoms with Crippen molar-refractivity contribution in [3.05, 3.63) is 41.7 Å². The first-order valence-electron chi connectivity index (χ1n) is 6.53. The van der Waals surface area contributed by atoms with Crippen molar-refractivity contribution >= 4 is 11.7 Å². The highest BCUT2D eigenvalue weighted by Gasteiger charge is 2.32. The van der Waals surface area contributed by atoms with Crippen molar-refractivity contribution in [1.29, 1.82) is 0 Å². The van der Waals surface area contributed by atoms with Crippen LogP contribution in [0.2, 0.25) is 0 Å². The van der Waals surface area contributed by atoms with Crippen LogP contribution >= 0.6 is 0 Å². The molecule has 0 aliphatic rings. The smallest absolute Gasteiger partial charge is 0.408 e. The summed E-state index contributed by atoms with van der Waals surface area (Å²) in [6.07, 6.45) is -1.06. The maximum atomic E-state index is 14.2. The Morgan fingerprint density at radius 2 is 1.95 bits per heavy atom. The van der Waals surface area contributed by atoms with Gasteiger partial charge in [0.25, 0.3) is 0 Å². The summed E-state index contributed by atoms with van der Waals surface area (Å²) in [5.41, 5.74) is 1.25. The fourth-order valence-corrected chi connectivity index (χ4v) is 2.30. The third kappa shape index (κ3) is 3.38. The predicted octanol–water partition coefficient (Wildman–Crippen LogP) is 4.70. The molecule has 1 N–H and O–H groups in total. The predicted molar refractivity (Wildman–Crippen MR) is 79.1 cm³/mol. The van der Waals surface area contributed by atoms with Crippen LogP contribution < -0.4 is 0 Å². The van der Waals surface area contributed by atoms with Gasteiger partial charge in [0.15, 0.2) is 0 Å². The number of nitrogens with zero attached hydrogens (tertiary/aromatic N) is 1. The Hall–Kier alpha value is -1.84. The number of allylic oxidation sites excluding steroid dienone is 1. The van der Waals surface area contributed by atoms with Crippen molar-refractivity contribution in [3.8, 4) is 0 Å². The fraction of sp³-hybridized carbons (Fsp3) is 0.438. The van der Waals surface area contributed by atoms with E-state index < -0.39 is 23.5 Å². The number of rotatable bonds is 3. The van der Waals surface area contributed by atoms with E-state index in [0.717, 1.165) is 11.1 Å². The van der Waals surface area contributed by atoms with E-state index in [-0.39, 0.29) is 0 Å². The second-order valence-electron chi connectivity index (χ2n) is 6.02. The maximum Gasteiger partial charge on any atom is 0.408 e. The molecule has 1 aromatic rings. The van der Waals surface area contributed by atoms with Gasteiger partial charge in [-0.2, -0.15) is 0 Å². The molecule has 0 radical (unpaired) electrons. The highest BCUT2D eigenvalue weighted by Crippen LogP contribution is 2.30. The summed E-state index contributed by atoms with van der Waals surface area (Å²) in [5, 5.41) is 9.36. The molecular formula is C16H22FNO2. The topological polar surface area (TPSA) is 40.5 Å². The summed E-state index contributed by atoms with van der Waals surface area (Å²) in [6.45, 7) is 12.6. The van der Waals surface area contributed by atoms with Gasteiger partial charge in [-0.05, 0) is 46.2 Å². The highest BCUT2D eigenvalue weighted by atomic mass is 19.1. The minimum Gasteiger partial charge on any atom is -0.465 e. The monoisotopic (exact) mass is 279 g/mol. The van der Waals surface area contributed by atoms with Crippen molar-refractivity contribution in [1.82, 2.24) is 4.90 Å². The van der Waals surface area contributed by atoms with E-state index in [4.69, 9.17) is 0 Å². The van der Waals surface area contributed by atoms with Gasteiger partial charge in [-0.25, -0.2) is 9.18 Å². The SMILES string of the molecule is C=C(C)c1ccc([C@H](C)N(C(=O)O)C(C)(C)C)c(F)c1. The Bertz CT molecular complexity index is 532. The molecule has 0 saturated heterocycles. The molecule has 1 aromatic carbocycles. The Kier molecular flexibility index (Phi) is 4.58. The molecule has 0 spiro atoms. The van der Waals surface area contributed by atoms with Crippen molar-refractivity contribution in [2.45, 2.75) is 46.2 Å². The lowest BCUT2D eigenvalue weighted by Crippen LogP contribution is -2.46. The van der Waals surface area contributed by atoms with Crippen LogP contribution in [0.25, 0.3) is 5.57 Å². The number of hydrogen-bond acceptors (Lipinski definition) is 1. The average molecular weight is 279 g/mol. The lowest BCUT2D eigenvalue weighted by molar-refractivity contribution is 0.0743. The number of halogens is 1. The molecule has 0 unspecified atom stereocenters. The van der Waals surface area contributed by atoms with E-state index in [9.17, 15) is 14.3 Å². The molecule has 1 atom stereocenters. The van der Waals surface area contributed by atoms with Crippen molar-refractivity contribution in [3.63, 3.8) is 0 Å². The highest BCUT2D eigenvalue weighted by molar-refractivity contribution is 5.67. The zero-order valence-electron chi connectivity index (χ0n) is 12.7. The molecule has 0 aliphatic heterocycles. The van der Waals surface area contributed by atoms with Crippen LogP contribution in [0, 0.1) is 5.82 Å². The van der Waals surface area contributed by atoms with Crippen LogP contribution in [0.1, 0.15) is 51.8 Å². The molecule has 0 saturated carbocycles. The van der Waals surface area contributed by atoms with E-state index in [1.165, 1.54) is 11.0 Å². The molecule has 0 aliphatic carbocycles. The van der Waals surface area contributed by atoms with Crippen LogP contribution in [-0.4, -0.2) is 21.6 Å². The largest absolute Gasteiger partial charge is 0.465 e. The first kappa shape index (κ1) is 16.2. The zero-order chi connectivity index (χ0) is 15.7. The van der Waals surface area contributed by atoms with Gasteiger partial charge in [0.1, 0.15) is 5.82 Å². The van der Waals surface area contributed by atoms with Gasteiger partial charge >= 0.3 is 6.09 Å². The molecule has 0 aromatic heterocycles. The molecule has 0 heterocycles. The summed E-state index contributed by atoms with van der Waals surface area (Å²) >= 11 is 0. The van der Waals surface area contributed by atoms with Gasteiger partial charge in [0.2, 0.25) is 0 Å². The molecule has 3 nitrogen and oxygen atoms in total. The average Bonchev–Trinajstić information content (AvgIpc) is 2.25. The number of benzene rings is 1. The number of amides is 1. The van der Waals surface area contributed by atoms with Crippen LogP contribution in [-0.2, 0) is 0 Å². The fourth-order valence-electron chi connectivity index (χ4n) is 2.30. The third-order valence-corrected chi connectivity index (χ3v) is 3.26. The van der Waals surface area contributed by atoms with E-state index in [2.05, 4.69) is 6.58 Å². The summed E-state index contributed by atoms with van der Waals surface area (Å²) in [6, 6.07) is 4.23. The van der Waals surface area contributed by atoms with Gasteiger partial charge in [-0.1, -0.05) is 24.3 Å². The van der Waals surface area contributed by atoms with Crippen LogP contribution in [0.4, 0.5) is 9.18 Å². The second-order valence-corrected chi connectivity index (χ2v) is 6.02. The van der Waals surface area contributed by atoms with Crippen LogP contribution in [0.15, 0.2) is 24.8 Å². The Morgan fingerprint density at radius 1 is 1.40 bits per heavy atom. The Balaban J connectivity index is 3.23. The first-order valence-corrected chi connectivity index (χ1v) is 6.53. The summed E-state index contributed by atoms with van der Waals surface area (Å²) in [5.74, 6) is -0.409. The van der Waals surface area contributed by atoms with E-state index >= 15 is 0 Å². The van der Waals surface area contributed by atoms with Gasteiger partial charge in [0.05, 0.1) is 6.04 Å². The lowest BCUT2D eigenvalue weighted by atomic mass is 9.97. The maximum absolute atomic E-state index is 14.2. The first-order chi connectivity index (χ1) is 9.05. The van der Waals surface area contributed by atoms with E-state index in [1.54, 1.807) is 46.8 Å². The van der Waals surface area contributed by atoms with Gasteiger partial charge in [0, 0.05) is 11.1 Å². The molecule has 0 fully saturated rings. The van der Waals surface area contributed by atoms with Gasteiger partial charge in [-0.3, -0.25) is 4.90 Å². The van der Waals surface area contributed by atoms with E-state index in [1.807, 2.05) is 0 Å². The number of carbonyl (C=O) groups is 1. The molecule has 110 valence electrons. The minimum atomic E-state index is -1.06. The van der Waals surface area contributed by atoms with Crippen LogP contribution in [0.5, 0.6) is 0 Å². The number of carboxylic acid groups (broad SMARTS) is 1.